The fourth-order valence-corrected chi connectivity index (χ4v) is 3.73. The average Bonchev–Trinajstić information content (AvgIpc) is 2.27. The van der Waals surface area contributed by atoms with Crippen molar-refractivity contribution in [3.63, 3.8) is 0 Å². The highest BCUT2D eigenvalue weighted by Gasteiger charge is 2.43. The van der Waals surface area contributed by atoms with Crippen molar-refractivity contribution >= 4 is 17.9 Å². The first-order chi connectivity index (χ1) is 8.86. The van der Waals surface area contributed by atoms with E-state index >= 15 is 0 Å². The molecule has 19 heavy (non-hydrogen) atoms. The molecule has 1 amide bonds. The van der Waals surface area contributed by atoms with Crippen LogP contribution in [0, 0.1) is 0 Å². The number of piperazine rings is 1. The molecule has 2 heterocycles. The monoisotopic (exact) mass is 287 g/mol. The van der Waals surface area contributed by atoms with Gasteiger partial charge in [0.25, 0.3) is 0 Å². The van der Waals surface area contributed by atoms with Crippen molar-refractivity contribution in [1.82, 2.24) is 9.80 Å². The summed E-state index contributed by atoms with van der Waals surface area (Å²) in [6.45, 7) is 9.69. The van der Waals surface area contributed by atoms with Crippen molar-refractivity contribution in [3.8, 4) is 0 Å². The normalized spacial score (nSPS) is 23.9. The molecule has 2 fully saturated rings. The van der Waals surface area contributed by atoms with Gasteiger partial charge in [-0.2, -0.15) is 11.8 Å². The summed E-state index contributed by atoms with van der Waals surface area (Å²) in [5.41, 5.74) is 5.68. The second-order valence-corrected chi connectivity index (χ2v) is 7.36. The van der Waals surface area contributed by atoms with Gasteiger partial charge in [-0.25, -0.2) is 4.79 Å². The first-order valence-electron chi connectivity index (χ1n) is 6.87. The fourth-order valence-electron chi connectivity index (χ4n) is 2.46. The Morgan fingerprint density at radius 2 is 1.84 bits per heavy atom. The lowest BCUT2D eigenvalue weighted by molar-refractivity contribution is 0.00299. The van der Waals surface area contributed by atoms with E-state index in [4.69, 9.17) is 10.5 Å². The number of hydrogen-bond donors (Lipinski definition) is 1. The third-order valence-corrected chi connectivity index (χ3v) is 5.21. The third-order valence-electron chi connectivity index (χ3n) is 3.72. The van der Waals surface area contributed by atoms with Crippen LogP contribution in [0.3, 0.4) is 0 Å². The van der Waals surface area contributed by atoms with Crippen LogP contribution in [0.1, 0.15) is 20.8 Å². The van der Waals surface area contributed by atoms with Gasteiger partial charge in [0, 0.05) is 44.2 Å². The molecule has 0 atom stereocenters. The van der Waals surface area contributed by atoms with Crippen molar-refractivity contribution in [1.29, 1.82) is 0 Å². The summed E-state index contributed by atoms with van der Waals surface area (Å²) in [5.74, 6) is 2.24. The van der Waals surface area contributed by atoms with Gasteiger partial charge in [0.05, 0.1) is 5.54 Å². The van der Waals surface area contributed by atoms with Crippen molar-refractivity contribution < 1.29 is 9.53 Å². The Morgan fingerprint density at radius 1 is 1.26 bits per heavy atom. The van der Waals surface area contributed by atoms with Crippen LogP contribution in [-0.4, -0.2) is 71.3 Å². The topological polar surface area (TPSA) is 58.8 Å². The van der Waals surface area contributed by atoms with E-state index in [0.717, 1.165) is 37.7 Å². The van der Waals surface area contributed by atoms with E-state index < -0.39 is 5.60 Å². The van der Waals surface area contributed by atoms with E-state index in [1.807, 2.05) is 32.5 Å². The van der Waals surface area contributed by atoms with Gasteiger partial charge in [-0.05, 0) is 20.8 Å². The summed E-state index contributed by atoms with van der Waals surface area (Å²) in [5, 5.41) is 0. The molecule has 0 saturated carbocycles. The second-order valence-electron chi connectivity index (χ2n) is 6.38. The summed E-state index contributed by atoms with van der Waals surface area (Å²) in [6, 6.07) is 0. The Bertz CT molecular complexity index is 326. The average molecular weight is 287 g/mol. The summed E-state index contributed by atoms with van der Waals surface area (Å²) in [6.07, 6.45) is -0.197. The van der Waals surface area contributed by atoms with Crippen molar-refractivity contribution in [2.45, 2.75) is 31.9 Å². The minimum atomic E-state index is -0.419. The van der Waals surface area contributed by atoms with E-state index in [2.05, 4.69) is 4.90 Å². The molecule has 5 nitrogen and oxygen atoms in total. The van der Waals surface area contributed by atoms with Crippen LogP contribution >= 0.6 is 11.8 Å². The summed E-state index contributed by atoms with van der Waals surface area (Å²) < 4.78 is 5.40. The Morgan fingerprint density at radius 3 is 2.21 bits per heavy atom. The number of amides is 1. The number of carbonyl (C=O) groups is 1. The first-order valence-corrected chi connectivity index (χ1v) is 8.03. The Balaban J connectivity index is 1.84. The van der Waals surface area contributed by atoms with Gasteiger partial charge in [-0.3, -0.25) is 4.90 Å². The number of rotatable bonds is 2. The highest BCUT2D eigenvalue weighted by Crippen LogP contribution is 2.34. The highest BCUT2D eigenvalue weighted by molar-refractivity contribution is 8.00. The van der Waals surface area contributed by atoms with Gasteiger partial charge >= 0.3 is 6.09 Å². The molecule has 0 spiro atoms. The first kappa shape index (κ1) is 14.9. The maximum atomic E-state index is 12.0. The lowest BCUT2D eigenvalue weighted by atomic mass is 10.0. The predicted octanol–water partition coefficient (Wildman–Crippen LogP) is 0.983. The molecule has 0 aromatic carbocycles. The van der Waals surface area contributed by atoms with E-state index in [1.165, 1.54) is 0 Å². The zero-order valence-corrected chi connectivity index (χ0v) is 13.0. The largest absolute Gasteiger partial charge is 0.444 e. The number of carbonyl (C=O) groups excluding carboxylic acids is 1. The van der Waals surface area contributed by atoms with Crippen LogP contribution in [0.2, 0.25) is 0 Å². The molecule has 2 aliphatic rings. The number of thioether (sulfide) groups is 1. The SMILES string of the molecule is CC(C)(C)OC(=O)N1CCN(C2(CN)CSC2)CC1. The van der Waals surface area contributed by atoms with Gasteiger partial charge < -0.3 is 15.4 Å². The van der Waals surface area contributed by atoms with Crippen LogP contribution in [0.4, 0.5) is 4.79 Å². The van der Waals surface area contributed by atoms with Crippen molar-refractivity contribution in [3.05, 3.63) is 0 Å². The molecule has 0 aromatic heterocycles. The molecule has 2 N–H and O–H groups in total. The zero-order chi connectivity index (χ0) is 14.1. The second kappa shape index (κ2) is 5.50. The standard InChI is InChI=1S/C13H25N3O2S/c1-12(2,3)18-11(17)15-4-6-16(7-5-15)13(8-14)9-19-10-13/h4-10,14H2,1-3H3. The lowest BCUT2D eigenvalue weighted by Crippen LogP contribution is -2.67. The van der Waals surface area contributed by atoms with Gasteiger partial charge in [0.15, 0.2) is 0 Å². The van der Waals surface area contributed by atoms with Crippen LogP contribution in [0.25, 0.3) is 0 Å². The van der Waals surface area contributed by atoms with E-state index in [-0.39, 0.29) is 11.6 Å². The van der Waals surface area contributed by atoms with E-state index in [1.54, 1.807) is 4.90 Å². The zero-order valence-electron chi connectivity index (χ0n) is 12.1. The molecule has 0 bridgehead atoms. The highest BCUT2D eigenvalue weighted by atomic mass is 32.2. The fraction of sp³-hybridized carbons (Fsp3) is 0.923. The molecule has 2 aliphatic heterocycles. The number of hydrogen-bond acceptors (Lipinski definition) is 5. The Kier molecular flexibility index (Phi) is 4.32. The van der Waals surface area contributed by atoms with Crippen LogP contribution in [-0.2, 0) is 4.74 Å². The third kappa shape index (κ3) is 3.35. The lowest BCUT2D eigenvalue weighted by Gasteiger charge is -2.51. The van der Waals surface area contributed by atoms with E-state index in [0.29, 0.717) is 6.54 Å². The van der Waals surface area contributed by atoms with Gasteiger partial charge in [-0.15, -0.1) is 0 Å². The predicted molar refractivity (Wildman–Crippen MR) is 78.5 cm³/mol. The van der Waals surface area contributed by atoms with Crippen LogP contribution < -0.4 is 5.73 Å². The quantitative estimate of drug-likeness (QED) is 0.820. The number of ether oxygens (including phenoxy) is 1. The molecular formula is C13H25N3O2S. The smallest absolute Gasteiger partial charge is 0.410 e. The summed E-state index contributed by atoms with van der Waals surface area (Å²) >= 11 is 1.95. The molecule has 0 unspecified atom stereocenters. The molecule has 2 rings (SSSR count). The Labute approximate surface area is 119 Å². The number of nitrogens with two attached hydrogens (primary N) is 1. The van der Waals surface area contributed by atoms with Crippen LogP contribution in [0.15, 0.2) is 0 Å². The summed E-state index contributed by atoms with van der Waals surface area (Å²) in [4.78, 5) is 16.2. The molecule has 0 radical (unpaired) electrons. The van der Waals surface area contributed by atoms with Gasteiger partial charge in [-0.1, -0.05) is 0 Å². The molecular weight excluding hydrogens is 262 g/mol. The maximum absolute atomic E-state index is 12.0. The van der Waals surface area contributed by atoms with Crippen molar-refractivity contribution in [2.75, 3.05) is 44.2 Å². The molecule has 0 aliphatic carbocycles. The molecule has 6 heteroatoms. The van der Waals surface area contributed by atoms with Crippen LogP contribution in [0.5, 0.6) is 0 Å². The van der Waals surface area contributed by atoms with Crippen molar-refractivity contribution in [2.24, 2.45) is 5.73 Å². The minimum absolute atomic E-state index is 0.185. The van der Waals surface area contributed by atoms with Gasteiger partial charge in [0.1, 0.15) is 5.60 Å². The maximum Gasteiger partial charge on any atom is 0.410 e. The number of nitrogens with zero attached hydrogens (tertiary/aromatic N) is 2. The molecule has 0 aromatic rings. The molecule has 110 valence electrons. The van der Waals surface area contributed by atoms with E-state index in [9.17, 15) is 4.79 Å². The van der Waals surface area contributed by atoms with Gasteiger partial charge in [0.2, 0.25) is 0 Å². The Hall–Kier alpha value is -0.460. The summed E-state index contributed by atoms with van der Waals surface area (Å²) in [7, 11) is 0. The molecule has 2 saturated heterocycles. The minimum Gasteiger partial charge on any atom is -0.444 e.